The molecular formula is C12H18F3N3O. The third-order valence-corrected chi connectivity index (χ3v) is 2.31. The number of alkyl halides is 3. The summed E-state index contributed by atoms with van der Waals surface area (Å²) in [5.41, 5.74) is 0.577. The van der Waals surface area contributed by atoms with E-state index in [1.807, 2.05) is 6.92 Å². The number of halogens is 3. The summed E-state index contributed by atoms with van der Waals surface area (Å²) in [5, 5.41) is 3.04. The fourth-order valence-corrected chi connectivity index (χ4v) is 1.48. The van der Waals surface area contributed by atoms with Crippen LogP contribution in [-0.2, 0) is 17.8 Å². The van der Waals surface area contributed by atoms with Gasteiger partial charge in [-0.1, -0.05) is 6.92 Å². The van der Waals surface area contributed by atoms with Gasteiger partial charge < -0.3 is 10.1 Å². The molecule has 1 N–H and O–H groups in total. The van der Waals surface area contributed by atoms with E-state index < -0.39 is 12.6 Å². The Hall–Kier alpha value is -1.37. The molecule has 0 bridgehead atoms. The Bertz CT molecular complexity index is 396. The fourth-order valence-electron chi connectivity index (χ4n) is 1.48. The van der Waals surface area contributed by atoms with Crippen molar-refractivity contribution in [2.24, 2.45) is 0 Å². The van der Waals surface area contributed by atoms with Gasteiger partial charge in [-0.05, 0) is 6.42 Å². The van der Waals surface area contributed by atoms with E-state index in [1.165, 1.54) is 7.11 Å². The van der Waals surface area contributed by atoms with Gasteiger partial charge in [0, 0.05) is 26.1 Å². The molecule has 0 fully saturated rings. The highest BCUT2D eigenvalue weighted by Gasteiger charge is 2.27. The van der Waals surface area contributed by atoms with Gasteiger partial charge in [0.1, 0.15) is 11.6 Å². The molecule has 4 nitrogen and oxygen atoms in total. The number of methoxy groups -OCH3 is 1. The second-order valence-corrected chi connectivity index (χ2v) is 4.14. The summed E-state index contributed by atoms with van der Waals surface area (Å²) in [5.74, 6) is 0.728. The lowest BCUT2D eigenvalue weighted by Crippen LogP contribution is -2.12. The van der Waals surface area contributed by atoms with Crippen LogP contribution in [0.5, 0.6) is 0 Å². The molecule has 0 unspecified atom stereocenters. The molecule has 1 heterocycles. The van der Waals surface area contributed by atoms with Crippen LogP contribution in [0, 0.1) is 0 Å². The molecule has 0 aromatic carbocycles. The molecule has 1 aromatic rings. The minimum Gasteiger partial charge on any atom is -0.378 e. The Kier molecular flexibility index (Phi) is 6.01. The van der Waals surface area contributed by atoms with Crippen LogP contribution in [0.3, 0.4) is 0 Å². The summed E-state index contributed by atoms with van der Waals surface area (Å²) < 4.78 is 41.5. The third kappa shape index (κ3) is 6.37. The van der Waals surface area contributed by atoms with Gasteiger partial charge in [0.15, 0.2) is 0 Å². The van der Waals surface area contributed by atoms with Gasteiger partial charge in [-0.2, -0.15) is 13.2 Å². The Labute approximate surface area is 110 Å². The van der Waals surface area contributed by atoms with Crippen molar-refractivity contribution < 1.29 is 17.9 Å². The van der Waals surface area contributed by atoms with Crippen molar-refractivity contribution in [1.29, 1.82) is 0 Å². The molecule has 0 radical (unpaired) electrons. The second kappa shape index (κ2) is 7.28. The first-order chi connectivity index (χ1) is 8.94. The number of anilines is 1. The van der Waals surface area contributed by atoms with Crippen molar-refractivity contribution in [3.63, 3.8) is 0 Å². The smallest absolute Gasteiger partial charge is 0.378 e. The summed E-state index contributed by atoms with van der Waals surface area (Å²) in [7, 11) is 1.51. The number of aromatic nitrogens is 2. The molecule has 0 aliphatic heterocycles. The molecule has 0 atom stereocenters. The lowest BCUT2D eigenvalue weighted by Gasteiger charge is -2.10. The number of hydrogen-bond donors (Lipinski definition) is 1. The van der Waals surface area contributed by atoms with E-state index in [2.05, 4.69) is 15.3 Å². The standard InChI is InChI=1S/C12H18F3N3O/c1-3-6-16-11-7-9(8-19-2)17-10(18-11)4-5-12(13,14)15/h7H,3-6,8H2,1-2H3,(H,16,17,18). The molecule has 1 rings (SSSR count). The Morgan fingerprint density at radius 2 is 2.05 bits per heavy atom. The fraction of sp³-hybridized carbons (Fsp3) is 0.667. The highest BCUT2D eigenvalue weighted by Crippen LogP contribution is 2.21. The van der Waals surface area contributed by atoms with E-state index in [-0.39, 0.29) is 18.9 Å². The first-order valence-corrected chi connectivity index (χ1v) is 6.11. The minimum absolute atomic E-state index is 0.186. The molecular weight excluding hydrogens is 259 g/mol. The number of ether oxygens (including phenoxy) is 1. The molecule has 0 amide bonds. The molecule has 1 aromatic heterocycles. The monoisotopic (exact) mass is 277 g/mol. The summed E-state index contributed by atoms with van der Waals surface area (Å²) in [6.45, 7) is 2.96. The van der Waals surface area contributed by atoms with Crippen molar-refractivity contribution in [2.45, 2.75) is 39.0 Å². The lowest BCUT2D eigenvalue weighted by molar-refractivity contribution is -0.134. The highest BCUT2D eigenvalue weighted by atomic mass is 19.4. The SMILES string of the molecule is CCCNc1cc(COC)nc(CCC(F)(F)F)n1. The Morgan fingerprint density at radius 1 is 1.32 bits per heavy atom. The Morgan fingerprint density at radius 3 is 2.63 bits per heavy atom. The molecule has 0 spiro atoms. The number of nitrogens with zero attached hydrogens (tertiary/aromatic N) is 2. The number of hydrogen-bond acceptors (Lipinski definition) is 4. The second-order valence-electron chi connectivity index (χ2n) is 4.14. The van der Waals surface area contributed by atoms with E-state index in [4.69, 9.17) is 4.74 Å². The van der Waals surface area contributed by atoms with Crippen molar-refractivity contribution in [2.75, 3.05) is 19.0 Å². The molecule has 0 saturated heterocycles. The van der Waals surface area contributed by atoms with Crippen molar-refractivity contribution in [3.8, 4) is 0 Å². The van der Waals surface area contributed by atoms with Crippen LogP contribution in [0.1, 0.15) is 31.3 Å². The molecule has 0 aliphatic rings. The van der Waals surface area contributed by atoms with Gasteiger partial charge in [-0.25, -0.2) is 9.97 Å². The van der Waals surface area contributed by atoms with E-state index in [0.29, 0.717) is 18.1 Å². The van der Waals surface area contributed by atoms with Crippen LogP contribution in [0.2, 0.25) is 0 Å². The van der Waals surface area contributed by atoms with Crippen LogP contribution in [0.25, 0.3) is 0 Å². The maximum Gasteiger partial charge on any atom is 0.389 e. The highest BCUT2D eigenvalue weighted by molar-refractivity contribution is 5.35. The average Bonchev–Trinajstić information content (AvgIpc) is 2.33. The largest absolute Gasteiger partial charge is 0.389 e. The van der Waals surface area contributed by atoms with Crippen LogP contribution in [0.4, 0.5) is 19.0 Å². The maximum atomic E-state index is 12.2. The average molecular weight is 277 g/mol. The molecule has 108 valence electrons. The van der Waals surface area contributed by atoms with Gasteiger partial charge in [0.05, 0.1) is 18.7 Å². The lowest BCUT2D eigenvalue weighted by atomic mass is 10.2. The molecule has 7 heteroatoms. The zero-order chi connectivity index (χ0) is 14.3. The van der Waals surface area contributed by atoms with E-state index in [9.17, 15) is 13.2 Å². The number of rotatable bonds is 7. The van der Waals surface area contributed by atoms with E-state index in [0.717, 1.165) is 6.42 Å². The topological polar surface area (TPSA) is 47.0 Å². The van der Waals surface area contributed by atoms with Crippen molar-refractivity contribution in [3.05, 3.63) is 17.6 Å². The van der Waals surface area contributed by atoms with Gasteiger partial charge >= 0.3 is 6.18 Å². The summed E-state index contributed by atoms with van der Waals surface area (Å²) in [6, 6.07) is 1.69. The summed E-state index contributed by atoms with van der Waals surface area (Å²) >= 11 is 0. The van der Waals surface area contributed by atoms with Crippen LogP contribution in [0.15, 0.2) is 6.07 Å². The predicted molar refractivity (Wildman–Crippen MR) is 65.9 cm³/mol. The number of aryl methyl sites for hydroxylation is 1. The van der Waals surface area contributed by atoms with Crippen molar-refractivity contribution >= 4 is 5.82 Å². The number of nitrogens with one attached hydrogen (secondary N) is 1. The van der Waals surface area contributed by atoms with Crippen molar-refractivity contribution in [1.82, 2.24) is 9.97 Å². The van der Waals surface area contributed by atoms with Crippen LogP contribution in [-0.4, -0.2) is 29.8 Å². The predicted octanol–water partition coefficient (Wildman–Crippen LogP) is 2.94. The van der Waals surface area contributed by atoms with E-state index >= 15 is 0 Å². The zero-order valence-corrected chi connectivity index (χ0v) is 11.0. The molecule has 0 saturated carbocycles. The zero-order valence-electron chi connectivity index (χ0n) is 11.0. The third-order valence-electron chi connectivity index (χ3n) is 2.31. The quantitative estimate of drug-likeness (QED) is 0.832. The van der Waals surface area contributed by atoms with Crippen LogP contribution < -0.4 is 5.32 Å². The minimum atomic E-state index is -4.20. The van der Waals surface area contributed by atoms with Gasteiger partial charge in [-0.3, -0.25) is 0 Å². The van der Waals surface area contributed by atoms with Crippen LogP contribution >= 0.6 is 0 Å². The van der Waals surface area contributed by atoms with Gasteiger partial charge in [-0.15, -0.1) is 0 Å². The summed E-state index contributed by atoms with van der Waals surface area (Å²) in [6.07, 6.45) is -4.43. The Balaban J connectivity index is 2.79. The summed E-state index contributed by atoms with van der Waals surface area (Å²) in [4.78, 5) is 8.14. The van der Waals surface area contributed by atoms with Gasteiger partial charge in [0.2, 0.25) is 0 Å². The molecule has 19 heavy (non-hydrogen) atoms. The van der Waals surface area contributed by atoms with Gasteiger partial charge in [0.25, 0.3) is 0 Å². The first kappa shape index (κ1) is 15.7. The first-order valence-electron chi connectivity index (χ1n) is 6.11. The normalized spacial score (nSPS) is 11.6. The molecule has 0 aliphatic carbocycles. The van der Waals surface area contributed by atoms with E-state index in [1.54, 1.807) is 6.07 Å². The maximum absolute atomic E-state index is 12.2.